The van der Waals surface area contributed by atoms with Crippen LogP contribution in [0.15, 0.2) is 39.5 Å². The highest BCUT2D eigenvalue weighted by Crippen LogP contribution is 2.31. The number of para-hydroxylation sites is 1. The van der Waals surface area contributed by atoms with Gasteiger partial charge in [0.05, 0.1) is 11.2 Å². The quantitative estimate of drug-likeness (QED) is 0.626. The molecular weight excluding hydrogens is 412 g/mol. The summed E-state index contributed by atoms with van der Waals surface area (Å²) >= 11 is 0. The van der Waals surface area contributed by atoms with Gasteiger partial charge in [0.25, 0.3) is 5.91 Å². The van der Waals surface area contributed by atoms with E-state index in [2.05, 4.69) is 20.0 Å². The van der Waals surface area contributed by atoms with Crippen LogP contribution in [0.1, 0.15) is 16.1 Å². The lowest BCUT2D eigenvalue weighted by Crippen LogP contribution is -2.23. The number of nitrogens with one attached hydrogen (secondary N) is 2. The number of fused-ring (bicyclic) bond motifs is 1. The maximum atomic E-state index is 12.8. The number of pyridine rings is 1. The molecule has 0 radical (unpaired) electrons. The lowest BCUT2D eigenvalue weighted by atomic mass is 10.2. The van der Waals surface area contributed by atoms with E-state index < -0.39 is 47.8 Å². The van der Waals surface area contributed by atoms with Gasteiger partial charge in [0, 0.05) is 0 Å². The zero-order chi connectivity index (χ0) is 21.4. The molecule has 154 valence electrons. The summed E-state index contributed by atoms with van der Waals surface area (Å²) in [6.07, 6.45) is -9.84. The number of nitrogens with zero attached hydrogens (tertiary/aromatic N) is 1. The Morgan fingerprint density at radius 3 is 2.52 bits per heavy atom. The number of aromatic nitrogens is 2. The molecule has 0 bridgehead atoms. The number of hydrogen-bond donors (Lipinski definition) is 2. The van der Waals surface area contributed by atoms with Gasteiger partial charge < -0.3 is 14.5 Å². The van der Waals surface area contributed by atoms with E-state index in [0.717, 1.165) is 0 Å². The number of alkyl halides is 6. The van der Waals surface area contributed by atoms with Crippen molar-refractivity contribution in [2.24, 2.45) is 0 Å². The lowest BCUT2D eigenvalue weighted by molar-refractivity contribution is -0.154. The zero-order valence-corrected chi connectivity index (χ0v) is 13.9. The maximum absolute atomic E-state index is 12.8. The third-order valence-corrected chi connectivity index (χ3v) is 3.46. The summed E-state index contributed by atoms with van der Waals surface area (Å²) in [4.78, 5) is 29.0. The molecule has 0 saturated carbocycles. The molecule has 2 aromatic heterocycles. The van der Waals surface area contributed by atoms with Crippen molar-refractivity contribution in [3.8, 4) is 5.88 Å². The third kappa shape index (κ3) is 4.67. The number of rotatable bonds is 4. The summed E-state index contributed by atoms with van der Waals surface area (Å²) in [6, 6.07) is 5.24. The molecule has 2 heterocycles. The highest BCUT2D eigenvalue weighted by atomic mass is 19.4. The average Bonchev–Trinajstić information content (AvgIpc) is 2.99. The van der Waals surface area contributed by atoms with Crippen LogP contribution in [0.5, 0.6) is 5.88 Å². The summed E-state index contributed by atoms with van der Waals surface area (Å²) in [5.74, 6) is -3.11. The van der Waals surface area contributed by atoms with E-state index in [9.17, 15) is 35.9 Å². The van der Waals surface area contributed by atoms with Crippen LogP contribution in [-0.4, -0.2) is 28.7 Å². The first-order valence-corrected chi connectivity index (χ1v) is 7.65. The highest BCUT2D eigenvalue weighted by Gasteiger charge is 2.35. The first-order chi connectivity index (χ1) is 13.4. The van der Waals surface area contributed by atoms with Crippen molar-refractivity contribution in [2.75, 3.05) is 11.9 Å². The van der Waals surface area contributed by atoms with Crippen molar-refractivity contribution in [1.29, 1.82) is 0 Å². The maximum Gasteiger partial charge on any atom is 0.433 e. The van der Waals surface area contributed by atoms with E-state index in [4.69, 9.17) is 4.42 Å². The first-order valence-electron chi connectivity index (χ1n) is 7.65. The fraction of sp³-hybridized carbons (Fsp3) is 0.188. The zero-order valence-electron chi connectivity index (χ0n) is 13.9. The fourth-order valence-corrected chi connectivity index (χ4v) is 2.29. The molecule has 1 amide bonds. The van der Waals surface area contributed by atoms with Gasteiger partial charge in [-0.05, 0) is 24.3 Å². The minimum Gasteiger partial charge on any atom is -0.467 e. The lowest BCUT2D eigenvalue weighted by Gasteiger charge is -2.14. The predicted octanol–water partition coefficient (Wildman–Crippen LogP) is 3.73. The van der Waals surface area contributed by atoms with Gasteiger partial charge in [-0.15, -0.1) is 0 Å². The Morgan fingerprint density at radius 1 is 1.14 bits per heavy atom. The van der Waals surface area contributed by atoms with Gasteiger partial charge in [-0.25, -0.2) is 9.78 Å². The molecule has 0 saturated heterocycles. The molecule has 0 aliphatic carbocycles. The van der Waals surface area contributed by atoms with Gasteiger partial charge in [0.2, 0.25) is 5.88 Å². The number of halogens is 6. The Hall–Kier alpha value is -3.51. The fourth-order valence-electron chi connectivity index (χ4n) is 2.29. The van der Waals surface area contributed by atoms with E-state index in [1.54, 1.807) is 0 Å². The number of carbonyl (C=O) groups is 1. The number of benzene rings is 1. The number of ether oxygens (including phenoxy) is 1. The molecule has 0 unspecified atom stereocenters. The van der Waals surface area contributed by atoms with Gasteiger partial charge in [0.15, 0.2) is 12.2 Å². The smallest absolute Gasteiger partial charge is 0.433 e. The second-order valence-corrected chi connectivity index (χ2v) is 5.60. The summed E-state index contributed by atoms with van der Waals surface area (Å²) in [5, 5.41) is 2.24. The minimum absolute atomic E-state index is 0.0486. The second kappa shape index (κ2) is 7.14. The van der Waals surface area contributed by atoms with E-state index in [1.807, 2.05) is 0 Å². The van der Waals surface area contributed by atoms with Crippen LogP contribution in [0, 0.1) is 0 Å². The van der Waals surface area contributed by atoms with Gasteiger partial charge in [-0.1, -0.05) is 6.07 Å². The minimum atomic E-state index is -4.97. The average molecular weight is 421 g/mol. The van der Waals surface area contributed by atoms with Crippen LogP contribution < -0.4 is 15.8 Å². The molecule has 0 aliphatic heterocycles. The van der Waals surface area contributed by atoms with Crippen LogP contribution in [0.25, 0.3) is 11.1 Å². The second-order valence-electron chi connectivity index (χ2n) is 5.60. The number of anilines is 1. The molecule has 0 fully saturated rings. The summed E-state index contributed by atoms with van der Waals surface area (Å²) in [7, 11) is 0. The van der Waals surface area contributed by atoms with Gasteiger partial charge in [-0.3, -0.25) is 9.78 Å². The van der Waals surface area contributed by atoms with E-state index in [0.29, 0.717) is 12.1 Å². The molecule has 2 N–H and O–H groups in total. The largest absolute Gasteiger partial charge is 0.467 e. The van der Waals surface area contributed by atoms with Gasteiger partial charge in [-0.2, -0.15) is 26.3 Å². The number of hydrogen-bond acceptors (Lipinski definition) is 5. The molecule has 0 aliphatic rings. The molecule has 3 aromatic rings. The number of aromatic amines is 1. The molecule has 3 rings (SSSR count). The van der Waals surface area contributed by atoms with Crippen LogP contribution in [0.3, 0.4) is 0 Å². The number of H-pyrrole nitrogens is 1. The van der Waals surface area contributed by atoms with Crippen LogP contribution in [0.2, 0.25) is 0 Å². The Kier molecular flexibility index (Phi) is 4.98. The van der Waals surface area contributed by atoms with Crippen LogP contribution in [-0.2, 0) is 6.18 Å². The Bertz CT molecular complexity index is 1120. The Labute approximate surface area is 156 Å². The molecular formula is C16H9F6N3O4. The first kappa shape index (κ1) is 20.2. The Morgan fingerprint density at radius 2 is 1.86 bits per heavy atom. The normalized spacial score (nSPS) is 12.2. The summed E-state index contributed by atoms with van der Waals surface area (Å²) in [6.45, 7) is -1.95. The molecule has 0 atom stereocenters. The Balaban J connectivity index is 1.97. The molecule has 7 nitrogen and oxygen atoms in total. The summed E-state index contributed by atoms with van der Waals surface area (Å²) < 4.78 is 84.8. The monoisotopic (exact) mass is 421 g/mol. The van der Waals surface area contributed by atoms with E-state index in [-0.39, 0.29) is 16.8 Å². The highest BCUT2D eigenvalue weighted by molar-refractivity contribution is 6.08. The van der Waals surface area contributed by atoms with Crippen molar-refractivity contribution in [3.05, 3.63) is 52.1 Å². The van der Waals surface area contributed by atoms with Crippen molar-refractivity contribution in [2.45, 2.75) is 12.4 Å². The summed E-state index contributed by atoms with van der Waals surface area (Å²) in [5.41, 5.74) is -2.12. The number of carbonyl (C=O) groups excluding carboxylic acids is 1. The third-order valence-electron chi connectivity index (χ3n) is 3.46. The standard InChI is InChI=1S/C16H9F6N3O4/c17-15(18,19)6-28-13-7(4-5-10(25-13)16(20,21)22)12(26)23-8-2-1-3-9-11(8)29-14(27)24-9/h1-5H,6H2,(H,23,26)(H,24,27). The molecule has 13 heteroatoms. The van der Waals surface area contributed by atoms with Gasteiger partial charge >= 0.3 is 18.1 Å². The van der Waals surface area contributed by atoms with Gasteiger partial charge in [0.1, 0.15) is 11.3 Å². The number of amides is 1. The molecule has 1 aromatic carbocycles. The molecule has 29 heavy (non-hydrogen) atoms. The predicted molar refractivity (Wildman–Crippen MR) is 85.6 cm³/mol. The van der Waals surface area contributed by atoms with Crippen molar-refractivity contribution in [1.82, 2.24) is 9.97 Å². The van der Waals surface area contributed by atoms with Crippen molar-refractivity contribution in [3.63, 3.8) is 0 Å². The van der Waals surface area contributed by atoms with Crippen LogP contribution in [0.4, 0.5) is 32.0 Å². The number of oxazole rings is 1. The topological polar surface area (TPSA) is 97.2 Å². The van der Waals surface area contributed by atoms with Crippen LogP contribution >= 0.6 is 0 Å². The van der Waals surface area contributed by atoms with Crippen molar-refractivity contribution < 1.29 is 40.3 Å². The van der Waals surface area contributed by atoms with E-state index >= 15 is 0 Å². The SMILES string of the molecule is O=C(Nc1cccc2[nH]c(=O)oc12)c1ccc(C(F)(F)F)nc1OCC(F)(F)F. The molecule has 0 spiro atoms. The van der Waals surface area contributed by atoms with Crippen molar-refractivity contribution >= 4 is 22.7 Å². The van der Waals surface area contributed by atoms with E-state index in [1.165, 1.54) is 18.2 Å².